The van der Waals surface area contributed by atoms with Crippen LogP contribution in [0, 0.1) is 5.92 Å². The van der Waals surface area contributed by atoms with E-state index in [0.717, 1.165) is 24.8 Å². The maximum absolute atomic E-state index is 12.2. The van der Waals surface area contributed by atoms with E-state index >= 15 is 0 Å². The average Bonchev–Trinajstić information content (AvgIpc) is 2.54. The lowest BCUT2D eigenvalue weighted by Crippen LogP contribution is -2.45. The minimum atomic E-state index is -1.03. The molecule has 3 rings (SSSR count). The van der Waals surface area contributed by atoms with Crippen molar-refractivity contribution in [1.29, 1.82) is 0 Å². The molecule has 1 aromatic carbocycles. The second-order valence-electron chi connectivity index (χ2n) is 5.83. The van der Waals surface area contributed by atoms with E-state index in [0.29, 0.717) is 18.8 Å². The average molecular weight is 287 g/mol. The normalized spacial score (nSPS) is 27.6. The number of nitrogens with one attached hydrogen (secondary N) is 1. The van der Waals surface area contributed by atoms with Crippen LogP contribution in [0.3, 0.4) is 0 Å². The van der Waals surface area contributed by atoms with Crippen molar-refractivity contribution in [2.75, 3.05) is 13.2 Å². The third-order valence-corrected chi connectivity index (χ3v) is 4.36. The molecule has 0 aromatic heterocycles. The molecule has 0 spiro atoms. The maximum atomic E-state index is 12.2. The minimum Gasteiger partial charge on any atom is -0.493 e. The number of rotatable bonds is 3. The summed E-state index contributed by atoms with van der Waals surface area (Å²) >= 11 is 0. The summed E-state index contributed by atoms with van der Waals surface area (Å²) in [6.45, 7) is 0.710. The molecule has 1 heterocycles. The Morgan fingerprint density at radius 3 is 3.05 bits per heavy atom. The summed E-state index contributed by atoms with van der Waals surface area (Å²) in [5.74, 6) is 0.784. The number of para-hydroxylation sites is 1. The lowest BCUT2D eigenvalue weighted by Gasteiger charge is -2.34. The summed E-state index contributed by atoms with van der Waals surface area (Å²) in [5, 5.41) is 13.8. The summed E-state index contributed by atoms with van der Waals surface area (Å²) in [7, 11) is 0. The van der Waals surface area contributed by atoms with Gasteiger partial charge in [0.25, 0.3) is 0 Å². The molecule has 112 valence electrons. The van der Waals surface area contributed by atoms with Crippen molar-refractivity contribution < 1.29 is 14.6 Å². The van der Waals surface area contributed by atoms with E-state index in [1.165, 1.54) is 0 Å². The Morgan fingerprint density at radius 1 is 1.38 bits per heavy atom. The quantitative estimate of drug-likeness (QED) is 0.837. The van der Waals surface area contributed by atoms with Crippen molar-refractivity contribution in [3.05, 3.63) is 42.0 Å². The topological polar surface area (TPSA) is 58.6 Å². The molecule has 21 heavy (non-hydrogen) atoms. The number of aliphatic hydroxyl groups is 1. The number of carbonyl (C=O) groups is 1. The summed E-state index contributed by atoms with van der Waals surface area (Å²) in [5.41, 5.74) is -0.269. The second kappa shape index (κ2) is 5.90. The van der Waals surface area contributed by atoms with E-state index in [1.54, 1.807) is 0 Å². The van der Waals surface area contributed by atoms with Crippen molar-refractivity contribution in [3.8, 4) is 5.75 Å². The van der Waals surface area contributed by atoms with Crippen molar-refractivity contribution >= 4 is 5.91 Å². The van der Waals surface area contributed by atoms with Crippen molar-refractivity contribution in [2.24, 2.45) is 5.92 Å². The molecule has 0 fully saturated rings. The molecule has 0 radical (unpaired) electrons. The van der Waals surface area contributed by atoms with Gasteiger partial charge in [-0.25, -0.2) is 0 Å². The molecule has 4 nitrogen and oxygen atoms in total. The fourth-order valence-corrected chi connectivity index (χ4v) is 3.03. The fraction of sp³-hybridized carbons (Fsp3) is 0.471. The van der Waals surface area contributed by atoms with E-state index in [2.05, 4.69) is 17.5 Å². The third kappa shape index (κ3) is 2.95. The van der Waals surface area contributed by atoms with Crippen LogP contribution in [-0.4, -0.2) is 24.2 Å². The van der Waals surface area contributed by atoms with Crippen molar-refractivity contribution in [2.45, 2.75) is 31.3 Å². The Bertz CT molecular complexity index is 555. The molecule has 4 heteroatoms. The van der Waals surface area contributed by atoms with Gasteiger partial charge in [-0.1, -0.05) is 30.4 Å². The van der Waals surface area contributed by atoms with Gasteiger partial charge in [-0.05, 0) is 25.3 Å². The molecule has 2 unspecified atom stereocenters. The Morgan fingerprint density at radius 2 is 2.24 bits per heavy atom. The zero-order valence-corrected chi connectivity index (χ0v) is 12.0. The number of allylic oxidation sites excluding steroid dienone is 2. The van der Waals surface area contributed by atoms with E-state index in [4.69, 9.17) is 4.74 Å². The Hall–Kier alpha value is -1.81. The molecule has 0 saturated heterocycles. The molecule has 2 N–H and O–H groups in total. The highest BCUT2D eigenvalue weighted by Gasteiger charge is 2.36. The summed E-state index contributed by atoms with van der Waals surface area (Å²) < 4.78 is 5.56. The number of hydrogen-bond donors (Lipinski definition) is 2. The van der Waals surface area contributed by atoms with Crippen LogP contribution in [-0.2, 0) is 10.4 Å². The van der Waals surface area contributed by atoms with Crippen LogP contribution in [0.5, 0.6) is 5.75 Å². The van der Waals surface area contributed by atoms with Gasteiger partial charge in [-0.2, -0.15) is 0 Å². The van der Waals surface area contributed by atoms with Crippen LogP contribution in [0.2, 0.25) is 0 Å². The molecule has 1 aliphatic heterocycles. The van der Waals surface area contributed by atoms with Gasteiger partial charge in [0.2, 0.25) is 5.91 Å². The van der Waals surface area contributed by atoms with E-state index in [1.807, 2.05) is 24.3 Å². The van der Waals surface area contributed by atoms with Crippen LogP contribution in [0.25, 0.3) is 0 Å². The Kier molecular flexibility index (Phi) is 3.97. The molecule has 0 bridgehead atoms. The lowest BCUT2D eigenvalue weighted by atomic mass is 9.87. The van der Waals surface area contributed by atoms with E-state index in [9.17, 15) is 9.90 Å². The highest BCUT2D eigenvalue weighted by Crippen LogP contribution is 2.36. The van der Waals surface area contributed by atoms with Crippen LogP contribution in [0.15, 0.2) is 36.4 Å². The SMILES string of the molecule is O=C(NCC1(O)CCOc2ccccc21)C1CC=CCC1. The van der Waals surface area contributed by atoms with Crippen molar-refractivity contribution in [3.63, 3.8) is 0 Å². The first kappa shape index (κ1) is 14.1. The molecule has 0 saturated carbocycles. The lowest BCUT2D eigenvalue weighted by molar-refractivity contribution is -0.127. The summed E-state index contributed by atoms with van der Waals surface area (Å²) in [4.78, 5) is 12.2. The smallest absolute Gasteiger partial charge is 0.223 e. The first-order chi connectivity index (χ1) is 10.2. The highest BCUT2D eigenvalue weighted by atomic mass is 16.5. The Labute approximate surface area is 124 Å². The fourth-order valence-electron chi connectivity index (χ4n) is 3.03. The van der Waals surface area contributed by atoms with Gasteiger partial charge >= 0.3 is 0 Å². The number of fused-ring (bicyclic) bond motifs is 1. The highest BCUT2D eigenvalue weighted by molar-refractivity contribution is 5.79. The largest absolute Gasteiger partial charge is 0.493 e. The van der Waals surface area contributed by atoms with Gasteiger partial charge in [0.15, 0.2) is 0 Å². The molecular formula is C17H21NO3. The predicted octanol–water partition coefficient (Wildman–Crippen LogP) is 2.13. The first-order valence-corrected chi connectivity index (χ1v) is 7.56. The van der Waals surface area contributed by atoms with Gasteiger partial charge < -0.3 is 15.2 Å². The van der Waals surface area contributed by atoms with Crippen LogP contribution in [0.1, 0.15) is 31.2 Å². The zero-order chi connectivity index (χ0) is 14.7. The van der Waals surface area contributed by atoms with Crippen LogP contribution < -0.4 is 10.1 Å². The standard InChI is InChI=1S/C17H21NO3/c19-16(13-6-2-1-3-7-13)18-12-17(20)10-11-21-15-9-5-4-8-14(15)17/h1-2,4-5,8-9,13,20H,3,6-7,10-12H2,(H,18,19). The summed E-state index contributed by atoms with van der Waals surface area (Å²) in [6.07, 6.45) is 7.32. The minimum absolute atomic E-state index is 0.0358. The predicted molar refractivity (Wildman–Crippen MR) is 79.9 cm³/mol. The molecular weight excluding hydrogens is 266 g/mol. The molecule has 1 aliphatic carbocycles. The van der Waals surface area contributed by atoms with Gasteiger partial charge in [0, 0.05) is 17.9 Å². The molecule has 1 amide bonds. The monoisotopic (exact) mass is 287 g/mol. The number of carbonyl (C=O) groups excluding carboxylic acids is 1. The van der Waals surface area contributed by atoms with Crippen LogP contribution >= 0.6 is 0 Å². The van der Waals surface area contributed by atoms with Gasteiger partial charge in [0.05, 0.1) is 13.2 Å². The summed E-state index contributed by atoms with van der Waals surface area (Å²) in [6, 6.07) is 7.49. The zero-order valence-electron chi connectivity index (χ0n) is 12.0. The number of ether oxygens (including phenoxy) is 1. The molecule has 2 atom stereocenters. The number of amides is 1. The number of hydrogen-bond acceptors (Lipinski definition) is 3. The van der Waals surface area contributed by atoms with Crippen LogP contribution in [0.4, 0.5) is 0 Å². The van der Waals surface area contributed by atoms with Gasteiger partial charge in [-0.3, -0.25) is 4.79 Å². The first-order valence-electron chi connectivity index (χ1n) is 7.56. The van der Waals surface area contributed by atoms with Crippen molar-refractivity contribution in [1.82, 2.24) is 5.32 Å². The second-order valence-corrected chi connectivity index (χ2v) is 5.83. The Balaban J connectivity index is 1.67. The maximum Gasteiger partial charge on any atom is 0.223 e. The van der Waals surface area contributed by atoms with E-state index in [-0.39, 0.29) is 18.4 Å². The molecule has 2 aliphatic rings. The van der Waals surface area contributed by atoms with Gasteiger partial charge in [0.1, 0.15) is 11.4 Å². The number of benzene rings is 1. The van der Waals surface area contributed by atoms with Gasteiger partial charge in [-0.15, -0.1) is 0 Å². The third-order valence-electron chi connectivity index (χ3n) is 4.36. The molecule has 1 aromatic rings. The van der Waals surface area contributed by atoms with E-state index < -0.39 is 5.60 Å².